The molecule has 1 heterocycles. The van der Waals surface area contributed by atoms with E-state index in [1.807, 2.05) is 25.7 Å². The van der Waals surface area contributed by atoms with Gasteiger partial charge in [-0.3, -0.25) is 9.59 Å². The van der Waals surface area contributed by atoms with Crippen molar-refractivity contribution in [2.45, 2.75) is 82.9 Å². The lowest BCUT2D eigenvalue weighted by molar-refractivity contribution is -0.131. The summed E-state index contributed by atoms with van der Waals surface area (Å²) in [4.78, 5) is 25.9. The second-order valence-corrected chi connectivity index (χ2v) is 7.61. The Morgan fingerprint density at radius 2 is 1.95 bits per heavy atom. The van der Waals surface area contributed by atoms with Crippen molar-refractivity contribution in [3.8, 4) is 0 Å². The molecular formula is C16H28N2O3. The Hall–Kier alpha value is -1.10. The van der Waals surface area contributed by atoms with E-state index < -0.39 is 5.60 Å². The molecule has 0 bridgehead atoms. The molecule has 2 fully saturated rings. The molecule has 0 spiro atoms. The van der Waals surface area contributed by atoms with Crippen molar-refractivity contribution >= 4 is 11.8 Å². The molecular weight excluding hydrogens is 268 g/mol. The zero-order valence-electron chi connectivity index (χ0n) is 13.4. The van der Waals surface area contributed by atoms with Gasteiger partial charge in [0.25, 0.3) is 0 Å². The fourth-order valence-electron chi connectivity index (χ4n) is 3.42. The number of amides is 2. The molecule has 0 aromatic carbocycles. The molecule has 1 saturated heterocycles. The summed E-state index contributed by atoms with van der Waals surface area (Å²) in [6.45, 7) is 6.56. The highest BCUT2D eigenvalue weighted by molar-refractivity contribution is 5.83. The number of aliphatic hydroxyl groups is 1. The average Bonchev–Trinajstić information content (AvgIpc) is 2.69. The third kappa shape index (κ3) is 4.19. The molecule has 5 nitrogen and oxygen atoms in total. The van der Waals surface area contributed by atoms with Crippen LogP contribution in [0, 0.1) is 0 Å². The van der Waals surface area contributed by atoms with Gasteiger partial charge in [-0.05, 0) is 33.6 Å². The molecule has 0 radical (unpaired) electrons. The van der Waals surface area contributed by atoms with E-state index in [0.717, 1.165) is 19.3 Å². The molecule has 1 saturated carbocycles. The minimum Gasteiger partial charge on any atom is -0.389 e. The molecule has 120 valence electrons. The Bertz CT molecular complexity index is 408. The van der Waals surface area contributed by atoms with E-state index in [9.17, 15) is 14.7 Å². The lowest BCUT2D eigenvalue weighted by Gasteiger charge is -2.33. The van der Waals surface area contributed by atoms with Crippen LogP contribution < -0.4 is 5.32 Å². The van der Waals surface area contributed by atoms with Gasteiger partial charge in [-0.2, -0.15) is 0 Å². The molecule has 2 N–H and O–H groups in total. The number of hydrogen-bond donors (Lipinski definition) is 2. The summed E-state index contributed by atoms with van der Waals surface area (Å²) in [7, 11) is 0. The van der Waals surface area contributed by atoms with Crippen molar-refractivity contribution in [1.82, 2.24) is 10.2 Å². The van der Waals surface area contributed by atoms with Crippen LogP contribution in [-0.2, 0) is 9.59 Å². The zero-order valence-corrected chi connectivity index (χ0v) is 13.4. The number of carbonyl (C=O) groups is 2. The molecule has 2 rings (SSSR count). The van der Waals surface area contributed by atoms with Crippen LogP contribution in [0.25, 0.3) is 0 Å². The third-order valence-corrected chi connectivity index (χ3v) is 4.57. The van der Waals surface area contributed by atoms with E-state index in [1.54, 1.807) is 0 Å². The summed E-state index contributed by atoms with van der Waals surface area (Å²) in [5, 5.41) is 13.3. The summed E-state index contributed by atoms with van der Waals surface area (Å²) < 4.78 is 0. The summed E-state index contributed by atoms with van der Waals surface area (Å²) in [5.74, 6) is -0.0443. The monoisotopic (exact) mass is 296 g/mol. The van der Waals surface area contributed by atoms with Crippen molar-refractivity contribution in [2.24, 2.45) is 0 Å². The minimum atomic E-state index is -0.839. The Morgan fingerprint density at radius 3 is 2.48 bits per heavy atom. The van der Waals surface area contributed by atoms with E-state index in [-0.39, 0.29) is 29.8 Å². The SMILES string of the molecule is CC(C)(C)N1CC(NC(=O)CC2(O)CCCCC2)CC1=O. The van der Waals surface area contributed by atoms with Gasteiger partial charge in [0.1, 0.15) is 0 Å². The van der Waals surface area contributed by atoms with Gasteiger partial charge in [0.15, 0.2) is 0 Å². The Kier molecular flexibility index (Phi) is 4.61. The minimum absolute atomic E-state index is 0.0872. The fourth-order valence-corrected chi connectivity index (χ4v) is 3.42. The van der Waals surface area contributed by atoms with Gasteiger partial charge in [-0.1, -0.05) is 19.3 Å². The van der Waals surface area contributed by atoms with Gasteiger partial charge in [0.2, 0.25) is 11.8 Å². The lowest BCUT2D eigenvalue weighted by atomic mass is 9.82. The quantitative estimate of drug-likeness (QED) is 0.831. The van der Waals surface area contributed by atoms with E-state index in [1.165, 1.54) is 0 Å². The summed E-state index contributed by atoms with van der Waals surface area (Å²) >= 11 is 0. The van der Waals surface area contributed by atoms with Crippen molar-refractivity contribution in [1.29, 1.82) is 0 Å². The number of nitrogens with one attached hydrogen (secondary N) is 1. The molecule has 1 aliphatic carbocycles. The largest absolute Gasteiger partial charge is 0.389 e. The van der Waals surface area contributed by atoms with Gasteiger partial charge >= 0.3 is 0 Å². The zero-order chi connectivity index (χ0) is 15.7. The number of rotatable bonds is 3. The second-order valence-electron chi connectivity index (χ2n) is 7.61. The summed E-state index contributed by atoms with van der Waals surface area (Å²) in [6.07, 6.45) is 5.06. The molecule has 2 aliphatic rings. The standard InChI is InChI=1S/C16H28N2O3/c1-15(2,3)18-11-12(9-14(18)20)17-13(19)10-16(21)7-5-4-6-8-16/h12,21H,4-11H2,1-3H3,(H,17,19). The normalized spacial score (nSPS) is 26.0. The smallest absolute Gasteiger partial charge is 0.225 e. The van der Waals surface area contributed by atoms with Gasteiger partial charge in [-0.15, -0.1) is 0 Å². The highest BCUT2D eigenvalue weighted by atomic mass is 16.3. The predicted molar refractivity (Wildman–Crippen MR) is 80.7 cm³/mol. The van der Waals surface area contributed by atoms with Crippen molar-refractivity contribution < 1.29 is 14.7 Å². The van der Waals surface area contributed by atoms with Crippen LogP contribution in [0.1, 0.15) is 65.7 Å². The number of hydrogen-bond acceptors (Lipinski definition) is 3. The maximum absolute atomic E-state index is 12.1. The van der Waals surface area contributed by atoms with Crippen LogP contribution in [0.15, 0.2) is 0 Å². The molecule has 21 heavy (non-hydrogen) atoms. The molecule has 2 amide bonds. The summed E-state index contributed by atoms with van der Waals surface area (Å²) in [5.41, 5.74) is -1.05. The first-order chi connectivity index (χ1) is 9.70. The first-order valence-electron chi connectivity index (χ1n) is 8.02. The third-order valence-electron chi connectivity index (χ3n) is 4.57. The molecule has 1 aliphatic heterocycles. The predicted octanol–water partition coefficient (Wildman–Crippen LogP) is 1.59. The van der Waals surface area contributed by atoms with Crippen LogP contribution >= 0.6 is 0 Å². The molecule has 5 heteroatoms. The number of nitrogens with zero attached hydrogens (tertiary/aromatic N) is 1. The summed E-state index contributed by atoms with van der Waals surface area (Å²) in [6, 6.07) is -0.128. The Labute approximate surface area is 127 Å². The van der Waals surface area contributed by atoms with Crippen LogP contribution in [0.5, 0.6) is 0 Å². The van der Waals surface area contributed by atoms with Crippen LogP contribution in [-0.4, -0.2) is 45.5 Å². The second kappa shape index (κ2) is 5.95. The first-order valence-corrected chi connectivity index (χ1v) is 8.02. The molecule has 1 atom stereocenters. The topological polar surface area (TPSA) is 69.6 Å². The first kappa shape index (κ1) is 16.3. The molecule has 0 aromatic rings. The van der Waals surface area contributed by atoms with Gasteiger partial charge < -0.3 is 15.3 Å². The number of carbonyl (C=O) groups excluding carboxylic acids is 2. The molecule has 0 aromatic heterocycles. The van der Waals surface area contributed by atoms with E-state index >= 15 is 0 Å². The maximum atomic E-state index is 12.1. The highest BCUT2D eigenvalue weighted by Crippen LogP contribution is 2.31. The van der Waals surface area contributed by atoms with Crippen LogP contribution in [0.3, 0.4) is 0 Å². The average molecular weight is 296 g/mol. The number of likely N-dealkylation sites (tertiary alicyclic amines) is 1. The molecule has 1 unspecified atom stereocenters. The van der Waals surface area contributed by atoms with Crippen molar-refractivity contribution in [3.05, 3.63) is 0 Å². The van der Waals surface area contributed by atoms with E-state index in [0.29, 0.717) is 25.8 Å². The van der Waals surface area contributed by atoms with E-state index in [4.69, 9.17) is 0 Å². The lowest BCUT2D eigenvalue weighted by Crippen LogP contribution is -2.46. The van der Waals surface area contributed by atoms with Gasteiger partial charge in [0, 0.05) is 18.5 Å². The van der Waals surface area contributed by atoms with Crippen molar-refractivity contribution in [3.63, 3.8) is 0 Å². The van der Waals surface area contributed by atoms with Crippen molar-refractivity contribution in [2.75, 3.05) is 6.54 Å². The van der Waals surface area contributed by atoms with Crippen LogP contribution in [0.4, 0.5) is 0 Å². The van der Waals surface area contributed by atoms with Gasteiger partial charge in [-0.25, -0.2) is 0 Å². The maximum Gasteiger partial charge on any atom is 0.225 e. The van der Waals surface area contributed by atoms with E-state index in [2.05, 4.69) is 5.32 Å². The Balaban J connectivity index is 1.85. The Morgan fingerprint density at radius 1 is 1.33 bits per heavy atom. The van der Waals surface area contributed by atoms with Gasteiger partial charge in [0.05, 0.1) is 18.1 Å². The highest BCUT2D eigenvalue weighted by Gasteiger charge is 2.38. The van der Waals surface area contributed by atoms with Crippen LogP contribution in [0.2, 0.25) is 0 Å². The fraction of sp³-hybridized carbons (Fsp3) is 0.875.